The summed E-state index contributed by atoms with van der Waals surface area (Å²) in [5, 5.41) is 13.7. The maximum Gasteiger partial charge on any atom is 0.333 e. The van der Waals surface area contributed by atoms with E-state index in [0.717, 1.165) is 6.42 Å². The Bertz CT molecular complexity index is 386. The van der Waals surface area contributed by atoms with E-state index in [1.54, 1.807) is 0 Å². The van der Waals surface area contributed by atoms with Crippen molar-refractivity contribution in [3.63, 3.8) is 0 Å². The van der Waals surface area contributed by atoms with E-state index in [-0.39, 0.29) is 5.92 Å². The first-order chi connectivity index (χ1) is 8.49. The van der Waals surface area contributed by atoms with Crippen molar-refractivity contribution in [2.24, 2.45) is 17.0 Å². The number of ether oxygens (including phenoxy) is 1. The highest BCUT2D eigenvalue weighted by molar-refractivity contribution is 5.88. The molecule has 1 N–H and O–H groups in total. The number of aliphatic hydroxyl groups excluding tert-OH is 1. The quantitative estimate of drug-likeness (QED) is 0.360. The van der Waals surface area contributed by atoms with E-state index in [1.165, 1.54) is 13.2 Å². The Balaban J connectivity index is 2.96. The highest BCUT2D eigenvalue weighted by Gasteiger charge is 2.33. The van der Waals surface area contributed by atoms with Crippen molar-refractivity contribution in [2.75, 3.05) is 7.11 Å². The van der Waals surface area contributed by atoms with Gasteiger partial charge in [-0.25, -0.2) is 4.79 Å². The number of carbonyl (C=O) groups is 1. The summed E-state index contributed by atoms with van der Waals surface area (Å²) in [7, 11) is 1.31. The van der Waals surface area contributed by atoms with E-state index in [4.69, 9.17) is 5.53 Å². The molecule has 0 bridgehead atoms. The zero-order chi connectivity index (χ0) is 13.7. The summed E-state index contributed by atoms with van der Waals surface area (Å²) in [6.07, 6.45) is 2.00. The molecule has 1 aliphatic carbocycles. The molecule has 0 fully saturated rings. The van der Waals surface area contributed by atoms with Gasteiger partial charge in [0, 0.05) is 10.5 Å². The maximum absolute atomic E-state index is 11.5. The van der Waals surface area contributed by atoms with Crippen LogP contribution in [0, 0.1) is 11.8 Å². The van der Waals surface area contributed by atoms with Gasteiger partial charge in [-0.15, -0.1) is 0 Å². The molecule has 0 spiro atoms. The van der Waals surface area contributed by atoms with E-state index in [0.29, 0.717) is 17.9 Å². The molecule has 0 aromatic carbocycles. The van der Waals surface area contributed by atoms with Crippen LogP contribution in [-0.2, 0) is 9.53 Å². The molecule has 1 rings (SSSR count). The lowest BCUT2D eigenvalue weighted by Gasteiger charge is -2.32. The number of azide groups is 1. The first-order valence-corrected chi connectivity index (χ1v) is 6.00. The minimum atomic E-state index is -0.739. The van der Waals surface area contributed by atoms with Crippen molar-refractivity contribution in [3.8, 4) is 0 Å². The normalized spacial score (nSPS) is 27.4. The van der Waals surface area contributed by atoms with Gasteiger partial charge in [0.15, 0.2) is 0 Å². The fraction of sp³-hybridized carbons (Fsp3) is 0.750. The number of esters is 1. The van der Waals surface area contributed by atoms with Gasteiger partial charge in [0.2, 0.25) is 0 Å². The van der Waals surface area contributed by atoms with E-state index < -0.39 is 18.1 Å². The SMILES string of the molecule is COC(=O)C1=C[C@H](N=[N+]=[N-])[C@@H](O)[C@@H](CC(C)C)C1. The summed E-state index contributed by atoms with van der Waals surface area (Å²) < 4.78 is 4.68. The van der Waals surface area contributed by atoms with Gasteiger partial charge in [0.25, 0.3) is 0 Å². The Hall–Kier alpha value is -1.52. The van der Waals surface area contributed by atoms with Crippen molar-refractivity contribution in [3.05, 3.63) is 22.1 Å². The van der Waals surface area contributed by atoms with E-state index >= 15 is 0 Å². The number of hydrogen-bond donors (Lipinski definition) is 1. The number of hydrogen-bond acceptors (Lipinski definition) is 4. The van der Waals surface area contributed by atoms with Gasteiger partial charge in [0.1, 0.15) is 0 Å². The molecule has 0 amide bonds. The zero-order valence-corrected chi connectivity index (χ0v) is 10.9. The second kappa shape index (κ2) is 6.42. The fourth-order valence-electron chi connectivity index (χ4n) is 2.33. The van der Waals surface area contributed by atoms with Gasteiger partial charge < -0.3 is 9.84 Å². The Morgan fingerprint density at radius 3 is 2.89 bits per heavy atom. The van der Waals surface area contributed by atoms with Gasteiger partial charge in [-0.05, 0) is 30.2 Å². The first-order valence-electron chi connectivity index (χ1n) is 6.00. The summed E-state index contributed by atoms with van der Waals surface area (Å²) in [6, 6.07) is -0.693. The second-order valence-electron chi connectivity index (χ2n) is 4.96. The molecule has 6 nitrogen and oxygen atoms in total. The third-order valence-electron chi connectivity index (χ3n) is 3.09. The fourth-order valence-corrected chi connectivity index (χ4v) is 2.33. The van der Waals surface area contributed by atoms with Crippen molar-refractivity contribution < 1.29 is 14.6 Å². The van der Waals surface area contributed by atoms with E-state index in [1.807, 2.05) is 13.8 Å². The molecule has 0 aromatic rings. The smallest absolute Gasteiger partial charge is 0.333 e. The lowest BCUT2D eigenvalue weighted by atomic mass is 9.79. The largest absolute Gasteiger partial charge is 0.466 e. The Labute approximate surface area is 106 Å². The number of nitrogens with zero attached hydrogens (tertiary/aromatic N) is 3. The Kier molecular flexibility index (Phi) is 5.19. The van der Waals surface area contributed by atoms with Crippen molar-refractivity contribution in [2.45, 2.75) is 38.8 Å². The first kappa shape index (κ1) is 14.5. The number of rotatable bonds is 4. The third-order valence-corrected chi connectivity index (χ3v) is 3.09. The second-order valence-corrected chi connectivity index (χ2v) is 4.96. The highest BCUT2D eigenvalue weighted by atomic mass is 16.5. The van der Waals surface area contributed by atoms with Gasteiger partial charge in [-0.1, -0.05) is 25.0 Å². The molecular weight excluding hydrogens is 234 g/mol. The standard InChI is InChI=1S/C12H19N3O3/c1-7(2)4-8-5-9(12(17)18-3)6-10(11(8)16)14-15-13/h6-8,10-11,16H,4-5H2,1-3H3/t8-,10-,11-/m0/s1. The van der Waals surface area contributed by atoms with Crippen LogP contribution in [0.3, 0.4) is 0 Å². The lowest BCUT2D eigenvalue weighted by Crippen LogP contribution is -2.37. The lowest BCUT2D eigenvalue weighted by molar-refractivity contribution is -0.136. The summed E-state index contributed by atoms with van der Waals surface area (Å²) in [4.78, 5) is 14.3. The molecule has 100 valence electrons. The Morgan fingerprint density at radius 1 is 1.72 bits per heavy atom. The molecule has 6 heteroatoms. The van der Waals surface area contributed by atoms with Crippen LogP contribution in [0.1, 0.15) is 26.7 Å². The minimum Gasteiger partial charge on any atom is -0.466 e. The maximum atomic E-state index is 11.5. The predicted molar refractivity (Wildman–Crippen MR) is 66.6 cm³/mol. The molecule has 1 aliphatic rings. The average Bonchev–Trinajstić information content (AvgIpc) is 2.32. The zero-order valence-electron chi connectivity index (χ0n) is 10.9. The van der Waals surface area contributed by atoms with Crippen LogP contribution in [-0.4, -0.2) is 30.3 Å². The molecular formula is C12H19N3O3. The van der Waals surface area contributed by atoms with Crippen LogP contribution >= 0.6 is 0 Å². The molecule has 0 unspecified atom stereocenters. The van der Waals surface area contributed by atoms with Crippen LogP contribution in [0.15, 0.2) is 16.8 Å². The molecule has 0 aromatic heterocycles. The average molecular weight is 253 g/mol. The molecule has 0 saturated heterocycles. The molecule has 0 radical (unpaired) electrons. The van der Waals surface area contributed by atoms with Crippen molar-refractivity contribution in [1.29, 1.82) is 0 Å². The summed E-state index contributed by atoms with van der Waals surface area (Å²) in [5.74, 6) is -0.109. The number of aliphatic hydroxyl groups is 1. The third kappa shape index (κ3) is 3.48. The predicted octanol–water partition coefficient (Wildman–Crippen LogP) is 2.19. The topological polar surface area (TPSA) is 95.3 Å². The van der Waals surface area contributed by atoms with Gasteiger partial charge in [-0.3, -0.25) is 0 Å². The highest BCUT2D eigenvalue weighted by Crippen LogP contribution is 2.31. The summed E-state index contributed by atoms with van der Waals surface area (Å²) >= 11 is 0. The van der Waals surface area contributed by atoms with Crippen molar-refractivity contribution >= 4 is 5.97 Å². The minimum absolute atomic E-state index is 0.0837. The molecule has 0 heterocycles. The van der Waals surface area contributed by atoms with Crippen LogP contribution in [0.4, 0.5) is 0 Å². The molecule has 0 saturated carbocycles. The van der Waals surface area contributed by atoms with Crippen LogP contribution < -0.4 is 0 Å². The van der Waals surface area contributed by atoms with Gasteiger partial charge >= 0.3 is 5.97 Å². The van der Waals surface area contributed by atoms with Crippen LogP contribution in [0.5, 0.6) is 0 Å². The number of methoxy groups -OCH3 is 1. The summed E-state index contributed by atoms with van der Waals surface area (Å²) in [6.45, 7) is 4.09. The molecule has 0 aliphatic heterocycles. The summed E-state index contributed by atoms with van der Waals surface area (Å²) in [5.41, 5.74) is 8.97. The Morgan fingerprint density at radius 2 is 2.39 bits per heavy atom. The number of carbonyl (C=O) groups excluding carboxylic acids is 1. The van der Waals surface area contributed by atoms with E-state index in [2.05, 4.69) is 14.8 Å². The van der Waals surface area contributed by atoms with Crippen LogP contribution in [0.25, 0.3) is 10.4 Å². The molecule has 3 atom stereocenters. The van der Waals surface area contributed by atoms with E-state index in [9.17, 15) is 9.90 Å². The van der Waals surface area contributed by atoms with Crippen molar-refractivity contribution in [1.82, 2.24) is 0 Å². The van der Waals surface area contributed by atoms with Gasteiger partial charge in [-0.2, -0.15) is 0 Å². The molecule has 18 heavy (non-hydrogen) atoms. The monoisotopic (exact) mass is 253 g/mol. The van der Waals surface area contributed by atoms with Gasteiger partial charge in [0.05, 0.1) is 19.3 Å². The van der Waals surface area contributed by atoms with Crippen LogP contribution in [0.2, 0.25) is 0 Å².